The standard InChI is InChI=1S/C20H30N4O3/c1-23-12-14-24(15-13-23)18(25)20(10-4-3-5-11-20)22-19(26)21-16-6-8-17(27-2)9-7-16/h6-9H,3-5,10-15H2,1-2H3,(H2,21,22,26)/p+1. The van der Waals surface area contributed by atoms with Gasteiger partial charge in [-0.2, -0.15) is 0 Å². The lowest BCUT2D eigenvalue weighted by molar-refractivity contribution is -0.883. The quantitative estimate of drug-likeness (QED) is 0.731. The fraction of sp³-hybridized carbons (Fsp3) is 0.600. The summed E-state index contributed by atoms with van der Waals surface area (Å²) in [6.07, 6.45) is 4.47. The number of likely N-dealkylation sites (N-methyl/N-ethyl adjacent to an activating group) is 1. The van der Waals surface area contributed by atoms with Crippen molar-refractivity contribution in [1.82, 2.24) is 10.2 Å². The first-order valence-corrected chi connectivity index (χ1v) is 9.86. The van der Waals surface area contributed by atoms with Gasteiger partial charge in [0.1, 0.15) is 11.3 Å². The van der Waals surface area contributed by atoms with Gasteiger partial charge in [-0.1, -0.05) is 19.3 Å². The topological polar surface area (TPSA) is 75.1 Å². The lowest BCUT2D eigenvalue weighted by Gasteiger charge is -2.41. The molecule has 0 radical (unpaired) electrons. The van der Waals surface area contributed by atoms with E-state index in [0.717, 1.165) is 51.2 Å². The summed E-state index contributed by atoms with van der Waals surface area (Å²) in [6.45, 7) is 3.43. The summed E-state index contributed by atoms with van der Waals surface area (Å²) in [5.74, 6) is 0.816. The molecule has 27 heavy (non-hydrogen) atoms. The second-order valence-corrected chi connectivity index (χ2v) is 7.70. The Labute approximate surface area is 161 Å². The molecule has 1 aliphatic carbocycles. The Bertz CT molecular complexity index is 648. The van der Waals surface area contributed by atoms with Crippen molar-refractivity contribution in [3.63, 3.8) is 0 Å². The van der Waals surface area contributed by atoms with E-state index in [1.165, 1.54) is 4.90 Å². The molecule has 7 heteroatoms. The van der Waals surface area contributed by atoms with Gasteiger partial charge in [-0.25, -0.2) is 4.79 Å². The van der Waals surface area contributed by atoms with Crippen molar-refractivity contribution in [2.45, 2.75) is 37.6 Å². The number of hydrogen-bond donors (Lipinski definition) is 3. The first-order valence-electron chi connectivity index (χ1n) is 9.86. The first-order chi connectivity index (χ1) is 13.0. The molecule has 2 aliphatic rings. The molecule has 3 amide bonds. The number of nitrogens with zero attached hydrogens (tertiary/aromatic N) is 1. The molecule has 148 valence electrons. The lowest BCUT2D eigenvalue weighted by Crippen LogP contribution is -3.12. The zero-order chi connectivity index (χ0) is 19.3. The van der Waals surface area contributed by atoms with Gasteiger partial charge in [-0.3, -0.25) is 4.79 Å². The Morgan fingerprint density at radius 2 is 1.70 bits per heavy atom. The van der Waals surface area contributed by atoms with Crippen molar-refractivity contribution >= 4 is 17.6 Å². The van der Waals surface area contributed by atoms with Crippen LogP contribution in [0.25, 0.3) is 0 Å². The van der Waals surface area contributed by atoms with Gasteiger partial charge in [0.15, 0.2) is 0 Å². The predicted octanol–water partition coefficient (Wildman–Crippen LogP) is 0.877. The van der Waals surface area contributed by atoms with Crippen molar-refractivity contribution in [1.29, 1.82) is 0 Å². The summed E-state index contributed by atoms with van der Waals surface area (Å²) in [6, 6.07) is 6.84. The van der Waals surface area contributed by atoms with Gasteiger partial charge in [0.25, 0.3) is 0 Å². The van der Waals surface area contributed by atoms with Crippen LogP contribution in [0, 0.1) is 0 Å². The molecule has 0 bridgehead atoms. The summed E-state index contributed by atoms with van der Waals surface area (Å²) in [5.41, 5.74) is -0.102. The molecule has 0 atom stereocenters. The van der Waals surface area contributed by atoms with E-state index in [1.807, 2.05) is 4.90 Å². The summed E-state index contributed by atoms with van der Waals surface area (Å²) < 4.78 is 5.14. The lowest BCUT2D eigenvalue weighted by atomic mass is 9.80. The molecular weight excluding hydrogens is 344 g/mol. The monoisotopic (exact) mass is 375 g/mol. The fourth-order valence-electron chi connectivity index (χ4n) is 4.00. The van der Waals surface area contributed by atoms with Gasteiger partial charge in [-0.15, -0.1) is 0 Å². The minimum atomic E-state index is -0.778. The van der Waals surface area contributed by atoms with Gasteiger partial charge in [0, 0.05) is 5.69 Å². The van der Waals surface area contributed by atoms with E-state index >= 15 is 0 Å². The second-order valence-electron chi connectivity index (χ2n) is 7.70. The number of amides is 3. The normalized spacial score (nSPS) is 20.0. The van der Waals surface area contributed by atoms with Crippen LogP contribution in [0.4, 0.5) is 10.5 Å². The fourth-order valence-corrected chi connectivity index (χ4v) is 4.00. The van der Waals surface area contributed by atoms with Gasteiger partial charge < -0.3 is 25.2 Å². The van der Waals surface area contributed by atoms with Crippen LogP contribution in [0.1, 0.15) is 32.1 Å². The van der Waals surface area contributed by atoms with Gasteiger partial charge in [-0.05, 0) is 37.1 Å². The molecule has 0 unspecified atom stereocenters. The molecule has 1 heterocycles. The van der Waals surface area contributed by atoms with Crippen LogP contribution >= 0.6 is 0 Å². The average Bonchev–Trinajstić information content (AvgIpc) is 2.69. The van der Waals surface area contributed by atoms with Crippen molar-refractivity contribution in [3.8, 4) is 5.75 Å². The number of hydrogen-bond acceptors (Lipinski definition) is 3. The number of anilines is 1. The molecule has 1 saturated carbocycles. The predicted molar refractivity (Wildman–Crippen MR) is 104 cm³/mol. The first kappa shape index (κ1) is 19.5. The SMILES string of the molecule is COc1ccc(NC(=O)NC2(C(=O)N3CC[NH+](C)CC3)CCCCC2)cc1. The third-order valence-electron chi connectivity index (χ3n) is 5.72. The highest BCUT2D eigenvalue weighted by Gasteiger charge is 2.44. The minimum absolute atomic E-state index is 0.0829. The van der Waals surface area contributed by atoms with Crippen molar-refractivity contribution < 1.29 is 19.2 Å². The molecule has 2 fully saturated rings. The van der Waals surface area contributed by atoms with Crippen molar-refractivity contribution in [3.05, 3.63) is 24.3 Å². The van der Waals surface area contributed by atoms with Gasteiger partial charge >= 0.3 is 6.03 Å². The molecule has 1 aromatic carbocycles. The third kappa shape index (κ3) is 4.71. The molecule has 1 aliphatic heterocycles. The van der Waals surface area contributed by atoms with E-state index in [1.54, 1.807) is 31.4 Å². The van der Waals surface area contributed by atoms with Crippen LogP contribution in [0.15, 0.2) is 24.3 Å². The maximum Gasteiger partial charge on any atom is 0.320 e. The Morgan fingerprint density at radius 3 is 2.30 bits per heavy atom. The van der Waals surface area contributed by atoms with E-state index in [0.29, 0.717) is 18.5 Å². The maximum atomic E-state index is 13.3. The molecule has 3 rings (SSSR count). The summed E-state index contributed by atoms with van der Waals surface area (Å²) in [7, 11) is 3.76. The molecule has 0 spiro atoms. The zero-order valence-electron chi connectivity index (χ0n) is 16.3. The summed E-state index contributed by atoms with van der Waals surface area (Å²) >= 11 is 0. The molecular formula is C20H31N4O3+. The third-order valence-corrected chi connectivity index (χ3v) is 5.72. The molecule has 3 N–H and O–H groups in total. The number of piperazine rings is 1. The number of ether oxygens (including phenoxy) is 1. The zero-order valence-corrected chi connectivity index (χ0v) is 16.3. The van der Waals surface area contributed by atoms with Crippen molar-refractivity contribution in [2.24, 2.45) is 0 Å². The van der Waals surface area contributed by atoms with Crippen LogP contribution in [0.2, 0.25) is 0 Å². The highest BCUT2D eigenvalue weighted by molar-refractivity contribution is 5.96. The minimum Gasteiger partial charge on any atom is -0.497 e. The number of carbonyl (C=O) groups is 2. The number of benzene rings is 1. The Kier molecular flexibility index (Phi) is 6.21. The van der Waals surface area contributed by atoms with E-state index in [-0.39, 0.29) is 11.9 Å². The van der Waals surface area contributed by atoms with E-state index in [9.17, 15) is 9.59 Å². The Hall–Kier alpha value is -2.28. The number of rotatable bonds is 4. The highest BCUT2D eigenvalue weighted by atomic mass is 16.5. The number of methoxy groups -OCH3 is 1. The van der Waals surface area contributed by atoms with Gasteiger partial charge in [0.05, 0.1) is 40.3 Å². The number of nitrogens with one attached hydrogen (secondary N) is 3. The Balaban J connectivity index is 1.68. The second kappa shape index (κ2) is 8.61. The van der Waals surface area contributed by atoms with Crippen molar-refractivity contribution in [2.75, 3.05) is 45.7 Å². The van der Waals surface area contributed by atoms with Gasteiger partial charge in [0.2, 0.25) is 5.91 Å². The Morgan fingerprint density at radius 1 is 1.07 bits per heavy atom. The molecule has 0 aromatic heterocycles. The van der Waals surface area contributed by atoms with Crippen LogP contribution in [-0.4, -0.2) is 62.7 Å². The summed E-state index contributed by atoms with van der Waals surface area (Å²) in [4.78, 5) is 29.3. The number of urea groups is 1. The highest BCUT2D eigenvalue weighted by Crippen LogP contribution is 2.30. The van der Waals surface area contributed by atoms with E-state index < -0.39 is 5.54 Å². The van der Waals surface area contributed by atoms with E-state index in [2.05, 4.69) is 17.7 Å². The van der Waals surface area contributed by atoms with Crippen LogP contribution in [0.3, 0.4) is 0 Å². The summed E-state index contributed by atoms with van der Waals surface area (Å²) in [5, 5.41) is 5.89. The molecule has 7 nitrogen and oxygen atoms in total. The largest absolute Gasteiger partial charge is 0.497 e. The van der Waals surface area contributed by atoms with Crippen LogP contribution in [-0.2, 0) is 4.79 Å². The number of quaternary nitrogens is 1. The number of carbonyl (C=O) groups excluding carboxylic acids is 2. The smallest absolute Gasteiger partial charge is 0.320 e. The molecule has 1 aromatic rings. The van der Waals surface area contributed by atoms with Crippen LogP contribution in [0.5, 0.6) is 5.75 Å². The van der Waals surface area contributed by atoms with Crippen LogP contribution < -0.4 is 20.3 Å². The molecule has 1 saturated heterocycles. The van der Waals surface area contributed by atoms with E-state index in [4.69, 9.17) is 4.74 Å². The maximum absolute atomic E-state index is 13.3. The average molecular weight is 375 g/mol.